The van der Waals surface area contributed by atoms with Gasteiger partial charge in [-0.25, -0.2) is 4.39 Å². The number of likely N-dealkylation sites (tertiary alicyclic amines) is 1. The summed E-state index contributed by atoms with van der Waals surface area (Å²) in [7, 11) is 0. The monoisotopic (exact) mass is 250 g/mol. The number of piperidine rings is 1. The molecule has 1 saturated heterocycles. The van der Waals surface area contributed by atoms with Crippen LogP contribution in [0.1, 0.15) is 31.7 Å². The fraction of sp³-hybridized carbons (Fsp3) is 0.600. The van der Waals surface area contributed by atoms with Crippen LogP contribution in [0.5, 0.6) is 0 Å². The summed E-state index contributed by atoms with van der Waals surface area (Å²) in [6, 6.07) is 7.49. The van der Waals surface area contributed by atoms with Crippen LogP contribution in [0.15, 0.2) is 24.3 Å². The Bertz CT molecular complexity index is 350. The van der Waals surface area contributed by atoms with Crippen LogP contribution < -0.4 is 5.32 Å². The third-order valence-corrected chi connectivity index (χ3v) is 3.51. The van der Waals surface area contributed by atoms with E-state index in [0.29, 0.717) is 6.04 Å². The van der Waals surface area contributed by atoms with E-state index in [2.05, 4.69) is 17.1 Å². The van der Waals surface area contributed by atoms with Crippen LogP contribution in [0.2, 0.25) is 0 Å². The molecule has 1 heterocycles. The van der Waals surface area contributed by atoms with E-state index in [4.69, 9.17) is 0 Å². The molecule has 1 aliphatic heterocycles. The van der Waals surface area contributed by atoms with Gasteiger partial charge in [-0.15, -0.1) is 0 Å². The Labute approximate surface area is 109 Å². The predicted molar refractivity (Wildman–Crippen MR) is 73.0 cm³/mol. The van der Waals surface area contributed by atoms with E-state index in [1.807, 2.05) is 12.1 Å². The number of benzene rings is 1. The quantitative estimate of drug-likeness (QED) is 0.864. The lowest BCUT2D eigenvalue weighted by Gasteiger charge is -2.33. The Hall–Kier alpha value is -0.930. The minimum atomic E-state index is -0.153. The molecule has 0 saturated carbocycles. The molecule has 18 heavy (non-hydrogen) atoms. The fourth-order valence-corrected chi connectivity index (χ4v) is 2.56. The highest BCUT2D eigenvalue weighted by molar-refractivity contribution is 5.16. The van der Waals surface area contributed by atoms with Crippen molar-refractivity contribution in [2.75, 3.05) is 19.6 Å². The topological polar surface area (TPSA) is 15.3 Å². The van der Waals surface area contributed by atoms with Gasteiger partial charge < -0.3 is 5.32 Å². The first-order chi connectivity index (χ1) is 8.78. The van der Waals surface area contributed by atoms with Crippen molar-refractivity contribution in [2.24, 2.45) is 0 Å². The van der Waals surface area contributed by atoms with Crippen LogP contribution in [-0.2, 0) is 6.54 Å². The molecule has 2 rings (SSSR count). The average molecular weight is 250 g/mol. The Morgan fingerprint density at radius 1 is 1.33 bits per heavy atom. The van der Waals surface area contributed by atoms with E-state index in [1.165, 1.54) is 24.8 Å². The van der Waals surface area contributed by atoms with Crippen molar-refractivity contribution in [1.82, 2.24) is 10.2 Å². The van der Waals surface area contributed by atoms with E-state index < -0.39 is 0 Å². The van der Waals surface area contributed by atoms with E-state index >= 15 is 0 Å². The zero-order chi connectivity index (χ0) is 12.8. The maximum absolute atomic E-state index is 12.8. The van der Waals surface area contributed by atoms with Gasteiger partial charge >= 0.3 is 0 Å². The van der Waals surface area contributed by atoms with Crippen LogP contribution in [0.25, 0.3) is 0 Å². The molecule has 1 atom stereocenters. The lowest BCUT2D eigenvalue weighted by Crippen LogP contribution is -2.45. The lowest BCUT2D eigenvalue weighted by molar-refractivity contribution is 0.183. The van der Waals surface area contributed by atoms with Gasteiger partial charge in [0.15, 0.2) is 0 Å². The lowest BCUT2D eigenvalue weighted by atomic mass is 10.0. The molecule has 0 radical (unpaired) electrons. The van der Waals surface area contributed by atoms with Crippen molar-refractivity contribution in [3.63, 3.8) is 0 Å². The Morgan fingerprint density at radius 2 is 2.11 bits per heavy atom. The number of nitrogens with zero attached hydrogens (tertiary/aromatic N) is 1. The first-order valence-corrected chi connectivity index (χ1v) is 6.98. The highest BCUT2D eigenvalue weighted by Gasteiger charge is 2.18. The third kappa shape index (κ3) is 4.07. The van der Waals surface area contributed by atoms with Crippen LogP contribution in [0, 0.1) is 5.82 Å². The molecular formula is C15H23FN2. The van der Waals surface area contributed by atoms with Gasteiger partial charge in [0.1, 0.15) is 5.82 Å². The van der Waals surface area contributed by atoms with Crippen LogP contribution in [0.4, 0.5) is 4.39 Å². The molecule has 1 N–H and O–H groups in total. The number of halogens is 1. The fourth-order valence-electron chi connectivity index (χ4n) is 2.56. The molecule has 0 aromatic heterocycles. The van der Waals surface area contributed by atoms with Gasteiger partial charge in [0.25, 0.3) is 0 Å². The van der Waals surface area contributed by atoms with Crippen LogP contribution >= 0.6 is 0 Å². The number of rotatable bonds is 5. The molecule has 1 unspecified atom stereocenters. The smallest absolute Gasteiger partial charge is 0.123 e. The van der Waals surface area contributed by atoms with Crippen LogP contribution in [-0.4, -0.2) is 30.6 Å². The summed E-state index contributed by atoms with van der Waals surface area (Å²) < 4.78 is 12.8. The summed E-state index contributed by atoms with van der Waals surface area (Å²) in [4.78, 5) is 2.46. The van der Waals surface area contributed by atoms with Crippen molar-refractivity contribution in [2.45, 2.75) is 38.8 Å². The summed E-state index contributed by atoms with van der Waals surface area (Å²) in [6.07, 6.45) is 3.72. The predicted octanol–water partition coefficient (Wildman–Crippen LogP) is 2.79. The Morgan fingerprint density at radius 3 is 2.83 bits per heavy atom. The average Bonchev–Trinajstić information content (AvgIpc) is 2.40. The Balaban J connectivity index is 1.83. The maximum Gasteiger partial charge on any atom is 0.123 e. The summed E-state index contributed by atoms with van der Waals surface area (Å²) >= 11 is 0. The molecule has 100 valence electrons. The molecule has 0 bridgehead atoms. The van der Waals surface area contributed by atoms with Gasteiger partial charge in [-0.05, 0) is 50.0 Å². The zero-order valence-electron chi connectivity index (χ0n) is 11.2. The highest BCUT2D eigenvalue weighted by Crippen LogP contribution is 2.14. The molecule has 1 aromatic carbocycles. The molecule has 1 aliphatic rings. The van der Waals surface area contributed by atoms with Crippen molar-refractivity contribution in [1.29, 1.82) is 0 Å². The summed E-state index contributed by atoms with van der Waals surface area (Å²) in [6.45, 7) is 6.50. The molecular weight excluding hydrogens is 227 g/mol. The van der Waals surface area contributed by atoms with E-state index in [9.17, 15) is 4.39 Å². The van der Waals surface area contributed by atoms with Crippen LogP contribution in [0.3, 0.4) is 0 Å². The normalized spacial score (nSPS) is 21.1. The maximum atomic E-state index is 12.8. The Kier molecular flexibility index (Phi) is 5.14. The van der Waals surface area contributed by atoms with Gasteiger partial charge in [-0.1, -0.05) is 19.1 Å². The minimum Gasteiger partial charge on any atom is -0.313 e. The largest absolute Gasteiger partial charge is 0.313 e. The van der Waals surface area contributed by atoms with Crippen molar-refractivity contribution < 1.29 is 4.39 Å². The van der Waals surface area contributed by atoms with E-state index in [-0.39, 0.29) is 5.82 Å². The molecule has 0 spiro atoms. The number of nitrogens with one attached hydrogen (secondary N) is 1. The van der Waals surface area contributed by atoms with E-state index in [1.54, 1.807) is 12.1 Å². The van der Waals surface area contributed by atoms with Gasteiger partial charge in [-0.2, -0.15) is 0 Å². The van der Waals surface area contributed by atoms with Gasteiger partial charge in [0.2, 0.25) is 0 Å². The number of hydrogen-bond acceptors (Lipinski definition) is 2. The standard InChI is InChI=1S/C15H23FN2/c1-2-9-17-15-4-3-10-18(12-15)11-13-5-7-14(16)8-6-13/h5-8,15,17H,2-4,9-12H2,1H3. The molecule has 1 aromatic rings. The zero-order valence-corrected chi connectivity index (χ0v) is 11.2. The molecule has 1 fully saturated rings. The second-order valence-corrected chi connectivity index (χ2v) is 5.15. The molecule has 2 nitrogen and oxygen atoms in total. The van der Waals surface area contributed by atoms with Crippen molar-refractivity contribution >= 4 is 0 Å². The third-order valence-electron chi connectivity index (χ3n) is 3.51. The van der Waals surface area contributed by atoms with Gasteiger partial charge in [0.05, 0.1) is 0 Å². The number of hydrogen-bond donors (Lipinski definition) is 1. The molecule has 0 aliphatic carbocycles. The van der Waals surface area contributed by atoms with Gasteiger partial charge in [0, 0.05) is 19.1 Å². The second kappa shape index (κ2) is 6.86. The summed E-state index contributed by atoms with van der Waals surface area (Å²) in [5.41, 5.74) is 1.20. The van der Waals surface area contributed by atoms with E-state index in [0.717, 1.165) is 26.2 Å². The SMILES string of the molecule is CCCNC1CCCN(Cc2ccc(F)cc2)C1. The first kappa shape index (κ1) is 13.5. The first-order valence-electron chi connectivity index (χ1n) is 6.98. The summed E-state index contributed by atoms with van der Waals surface area (Å²) in [5.74, 6) is -0.153. The minimum absolute atomic E-state index is 0.153. The highest BCUT2D eigenvalue weighted by atomic mass is 19.1. The molecule has 0 amide bonds. The molecule has 3 heteroatoms. The summed E-state index contributed by atoms with van der Waals surface area (Å²) in [5, 5.41) is 3.59. The second-order valence-electron chi connectivity index (χ2n) is 5.15. The van der Waals surface area contributed by atoms with Gasteiger partial charge in [-0.3, -0.25) is 4.90 Å². The van der Waals surface area contributed by atoms with Crippen molar-refractivity contribution in [3.8, 4) is 0 Å². The van der Waals surface area contributed by atoms with Crippen molar-refractivity contribution in [3.05, 3.63) is 35.6 Å².